The lowest BCUT2D eigenvalue weighted by Gasteiger charge is -2.17. The second kappa shape index (κ2) is 9.34. The lowest BCUT2D eigenvalue weighted by atomic mass is 10.2. The second-order valence-electron chi connectivity index (χ2n) is 6.22. The van der Waals surface area contributed by atoms with Crippen LogP contribution in [0.4, 0.5) is 0 Å². The number of hydrogen-bond acceptors (Lipinski definition) is 5. The van der Waals surface area contributed by atoms with E-state index in [0.717, 1.165) is 25.7 Å². The third-order valence-corrected chi connectivity index (χ3v) is 5.85. The number of hydrogen-bond donors (Lipinski definition) is 2. The van der Waals surface area contributed by atoms with Gasteiger partial charge in [-0.25, -0.2) is 13.1 Å². The largest absolute Gasteiger partial charge is 0.453 e. The zero-order valence-electron chi connectivity index (χ0n) is 14.5. The van der Waals surface area contributed by atoms with Crippen LogP contribution in [0.2, 0.25) is 5.02 Å². The molecule has 1 amide bonds. The van der Waals surface area contributed by atoms with Gasteiger partial charge in [-0.1, -0.05) is 24.4 Å². The summed E-state index contributed by atoms with van der Waals surface area (Å²) in [4.78, 5) is 23.8. The molecule has 144 valence electrons. The topological polar surface area (TPSA) is 102 Å². The van der Waals surface area contributed by atoms with Crippen LogP contribution in [-0.2, 0) is 24.3 Å². The van der Waals surface area contributed by atoms with Crippen LogP contribution in [0.5, 0.6) is 0 Å². The Morgan fingerprint density at radius 1 is 1.23 bits per heavy atom. The predicted octanol–water partition coefficient (Wildman–Crippen LogP) is 2.00. The molecule has 9 heteroatoms. The Kier molecular flexibility index (Phi) is 7.43. The van der Waals surface area contributed by atoms with Crippen LogP contribution in [0, 0.1) is 0 Å². The molecule has 0 heterocycles. The average Bonchev–Trinajstić information content (AvgIpc) is 3.08. The Labute approximate surface area is 158 Å². The maximum Gasteiger partial charge on any atom is 0.307 e. The van der Waals surface area contributed by atoms with Crippen molar-refractivity contribution in [3.8, 4) is 0 Å². The van der Waals surface area contributed by atoms with E-state index >= 15 is 0 Å². The monoisotopic (exact) mass is 402 g/mol. The van der Waals surface area contributed by atoms with E-state index in [1.165, 1.54) is 31.2 Å². The number of carbonyl (C=O) groups is 2. The normalized spacial score (nSPS) is 16.2. The first-order valence-electron chi connectivity index (χ1n) is 8.53. The first-order chi connectivity index (χ1) is 12.3. The molecule has 0 bridgehead atoms. The average molecular weight is 403 g/mol. The fourth-order valence-electron chi connectivity index (χ4n) is 2.68. The van der Waals surface area contributed by atoms with Crippen molar-refractivity contribution in [2.75, 3.05) is 6.54 Å². The van der Waals surface area contributed by atoms with Crippen molar-refractivity contribution in [1.82, 2.24) is 10.0 Å². The van der Waals surface area contributed by atoms with Crippen molar-refractivity contribution >= 4 is 33.5 Å². The van der Waals surface area contributed by atoms with Gasteiger partial charge >= 0.3 is 5.97 Å². The van der Waals surface area contributed by atoms with Crippen LogP contribution in [-0.4, -0.2) is 39.0 Å². The van der Waals surface area contributed by atoms with Gasteiger partial charge in [0.1, 0.15) is 0 Å². The summed E-state index contributed by atoms with van der Waals surface area (Å²) in [7, 11) is -3.73. The standard InChI is InChI=1S/C17H23ClN2O5S/c1-12(17(22)20-14-4-2-3-5-14)25-16(21)10-11-19-26(23,24)15-8-6-13(18)7-9-15/h6-9,12,14,19H,2-5,10-11H2,1H3,(H,20,22)/t12-/m1/s1. The second-order valence-corrected chi connectivity index (χ2v) is 8.43. The number of sulfonamides is 1. The van der Waals surface area contributed by atoms with Crippen molar-refractivity contribution in [1.29, 1.82) is 0 Å². The molecule has 1 atom stereocenters. The van der Waals surface area contributed by atoms with E-state index < -0.39 is 22.1 Å². The molecule has 0 aliphatic heterocycles. The molecule has 7 nitrogen and oxygen atoms in total. The van der Waals surface area contributed by atoms with Crippen LogP contribution in [0.25, 0.3) is 0 Å². The summed E-state index contributed by atoms with van der Waals surface area (Å²) in [6, 6.07) is 5.83. The Balaban J connectivity index is 1.73. The fourth-order valence-corrected chi connectivity index (χ4v) is 3.84. The summed E-state index contributed by atoms with van der Waals surface area (Å²) in [5.74, 6) is -0.968. The van der Waals surface area contributed by atoms with Crippen molar-refractivity contribution in [3.05, 3.63) is 29.3 Å². The van der Waals surface area contributed by atoms with Gasteiger partial charge in [-0.15, -0.1) is 0 Å². The number of halogens is 1. The van der Waals surface area contributed by atoms with E-state index in [2.05, 4.69) is 10.0 Å². The maximum atomic E-state index is 12.1. The van der Waals surface area contributed by atoms with Crippen LogP contribution >= 0.6 is 11.6 Å². The minimum atomic E-state index is -3.73. The fraction of sp³-hybridized carbons (Fsp3) is 0.529. The molecule has 1 aliphatic rings. The van der Waals surface area contributed by atoms with Gasteiger partial charge in [0.15, 0.2) is 6.10 Å². The molecular weight excluding hydrogens is 380 g/mol. The molecule has 2 rings (SSSR count). The molecule has 0 spiro atoms. The van der Waals surface area contributed by atoms with Gasteiger partial charge in [-0.05, 0) is 44.0 Å². The highest BCUT2D eigenvalue weighted by Crippen LogP contribution is 2.18. The molecular formula is C17H23ClN2O5S. The van der Waals surface area contributed by atoms with Crippen LogP contribution in [0.15, 0.2) is 29.2 Å². The smallest absolute Gasteiger partial charge is 0.307 e. The van der Waals surface area contributed by atoms with Crippen LogP contribution in [0.3, 0.4) is 0 Å². The number of benzene rings is 1. The summed E-state index contributed by atoms with van der Waals surface area (Å²) in [6.07, 6.45) is 2.99. The molecule has 1 aliphatic carbocycles. The highest BCUT2D eigenvalue weighted by Gasteiger charge is 2.23. The number of esters is 1. The Hall–Kier alpha value is -1.64. The van der Waals surface area contributed by atoms with Gasteiger partial charge in [-0.2, -0.15) is 0 Å². The summed E-state index contributed by atoms with van der Waals surface area (Å²) in [5, 5.41) is 3.28. The quantitative estimate of drug-likeness (QED) is 0.647. The lowest BCUT2D eigenvalue weighted by molar-refractivity contribution is -0.154. The van der Waals surface area contributed by atoms with Gasteiger partial charge < -0.3 is 10.1 Å². The Morgan fingerprint density at radius 3 is 2.46 bits per heavy atom. The van der Waals surface area contributed by atoms with Crippen LogP contribution < -0.4 is 10.0 Å². The molecule has 2 N–H and O–H groups in total. The van der Waals surface area contributed by atoms with Gasteiger partial charge in [0, 0.05) is 17.6 Å². The molecule has 1 saturated carbocycles. The summed E-state index contributed by atoms with van der Waals surface area (Å²) >= 11 is 5.73. The molecule has 26 heavy (non-hydrogen) atoms. The molecule has 0 unspecified atom stereocenters. The Bertz CT molecular complexity index is 730. The number of rotatable bonds is 8. The van der Waals surface area contributed by atoms with Crippen molar-refractivity contribution in [2.45, 2.75) is 56.1 Å². The SMILES string of the molecule is C[C@@H](OC(=O)CCNS(=O)(=O)c1ccc(Cl)cc1)C(=O)NC1CCCC1. The van der Waals surface area contributed by atoms with Crippen molar-refractivity contribution in [3.63, 3.8) is 0 Å². The summed E-state index contributed by atoms with van der Waals surface area (Å²) in [6.45, 7) is 1.38. The third-order valence-electron chi connectivity index (χ3n) is 4.12. The molecule has 0 saturated heterocycles. The number of carbonyl (C=O) groups excluding carboxylic acids is 2. The first kappa shape index (κ1) is 20.7. The molecule has 1 aromatic rings. The third kappa shape index (κ3) is 6.26. The van der Waals surface area contributed by atoms with E-state index in [9.17, 15) is 18.0 Å². The van der Waals surface area contributed by atoms with E-state index in [1.807, 2.05) is 0 Å². The highest BCUT2D eigenvalue weighted by molar-refractivity contribution is 7.89. The Morgan fingerprint density at radius 2 is 1.85 bits per heavy atom. The minimum Gasteiger partial charge on any atom is -0.453 e. The van der Waals surface area contributed by atoms with Crippen molar-refractivity contribution in [2.24, 2.45) is 0 Å². The molecule has 0 aromatic heterocycles. The van der Waals surface area contributed by atoms with Gasteiger partial charge in [-0.3, -0.25) is 9.59 Å². The maximum absolute atomic E-state index is 12.1. The number of amides is 1. The molecule has 1 fully saturated rings. The van der Waals surface area contributed by atoms with Gasteiger partial charge in [0.25, 0.3) is 5.91 Å². The van der Waals surface area contributed by atoms with Crippen LogP contribution in [0.1, 0.15) is 39.0 Å². The number of ether oxygens (including phenoxy) is 1. The zero-order valence-corrected chi connectivity index (χ0v) is 16.1. The lowest BCUT2D eigenvalue weighted by Crippen LogP contribution is -2.41. The molecule has 0 radical (unpaired) electrons. The van der Waals surface area contributed by atoms with Gasteiger partial charge in [0.2, 0.25) is 10.0 Å². The summed E-state index contributed by atoms with van der Waals surface area (Å²) in [5.41, 5.74) is 0. The minimum absolute atomic E-state index is 0.0552. The zero-order chi connectivity index (χ0) is 19.2. The number of nitrogens with one attached hydrogen (secondary N) is 2. The van der Waals surface area contributed by atoms with Crippen molar-refractivity contribution < 1.29 is 22.7 Å². The van der Waals surface area contributed by atoms with Gasteiger partial charge in [0.05, 0.1) is 11.3 Å². The molecule has 1 aromatic carbocycles. The van der Waals surface area contributed by atoms with E-state index in [0.29, 0.717) is 5.02 Å². The van der Waals surface area contributed by atoms with E-state index in [-0.39, 0.29) is 29.8 Å². The van der Waals surface area contributed by atoms with E-state index in [1.54, 1.807) is 0 Å². The highest BCUT2D eigenvalue weighted by atomic mass is 35.5. The predicted molar refractivity (Wildman–Crippen MR) is 97.2 cm³/mol. The summed E-state index contributed by atoms with van der Waals surface area (Å²) < 4.78 is 31.5. The van der Waals surface area contributed by atoms with E-state index in [4.69, 9.17) is 16.3 Å². The first-order valence-corrected chi connectivity index (χ1v) is 10.4.